The van der Waals surface area contributed by atoms with Crippen molar-refractivity contribution in [3.63, 3.8) is 0 Å². The highest BCUT2D eigenvalue weighted by atomic mass is 16.2. The van der Waals surface area contributed by atoms with E-state index in [0.29, 0.717) is 6.42 Å². The first-order valence-corrected chi connectivity index (χ1v) is 5.81. The van der Waals surface area contributed by atoms with E-state index in [9.17, 15) is 4.79 Å². The first kappa shape index (κ1) is 12.5. The van der Waals surface area contributed by atoms with E-state index in [0.717, 1.165) is 19.5 Å². The Kier molecular flexibility index (Phi) is 4.54. The van der Waals surface area contributed by atoms with Crippen molar-refractivity contribution in [1.82, 2.24) is 10.4 Å². The number of nitrogens with one attached hydrogen (secondary N) is 1. The van der Waals surface area contributed by atoms with E-state index in [2.05, 4.69) is 5.43 Å². The second-order valence-electron chi connectivity index (χ2n) is 5.07. The molecular weight excluding hydrogens is 190 g/mol. The summed E-state index contributed by atoms with van der Waals surface area (Å²) in [6, 6.07) is 0. The summed E-state index contributed by atoms with van der Waals surface area (Å²) in [6.45, 7) is 5.86. The van der Waals surface area contributed by atoms with Crippen LogP contribution in [0.5, 0.6) is 0 Å². The number of carbonyl (C=O) groups excluding carboxylic acids is 1. The van der Waals surface area contributed by atoms with Crippen LogP contribution in [0.3, 0.4) is 0 Å². The molecule has 0 aromatic heterocycles. The molecule has 3 N–H and O–H groups in total. The third-order valence-electron chi connectivity index (χ3n) is 2.64. The van der Waals surface area contributed by atoms with Crippen LogP contribution in [0, 0.1) is 0 Å². The Morgan fingerprint density at radius 1 is 1.33 bits per heavy atom. The Bertz CT molecular complexity index is 204. The minimum Gasteiger partial charge on any atom is -0.326 e. The van der Waals surface area contributed by atoms with Crippen molar-refractivity contribution in [2.24, 2.45) is 5.73 Å². The second kappa shape index (κ2) is 5.47. The number of hydrogen-bond acceptors (Lipinski definition) is 3. The Hall–Kier alpha value is -0.610. The standard InChI is InChI=1S/C11H23N3O/c1-11(2,12)7-6-10(15)13-14-8-4-3-5-9-14/h3-9,12H2,1-2H3,(H,13,15). The van der Waals surface area contributed by atoms with Crippen LogP contribution in [-0.2, 0) is 4.79 Å². The van der Waals surface area contributed by atoms with E-state index in [1.165, 1.54) is 19.3 Å². The summed E-state index contributed by atoms with van der Waals surface area (Å²) in [5.41, 5.74) is 8.50. The summed E-state index contributed by atoms with van der Waals surface area (Å²) in [7, 11) is 0. The normalized spacial score (nSPS) is 18.9. The molecule has 0 atom stereocenters. The van der Waals surface area contributed by atoms with Crippen molar-refractivity contribution in [3.8, 4) is 0 Å². The maximum Gasteiger partial charge on any atom is 0.234 e. The van der Waals surface area contributed by atoms with Crippen LogP contribution in [0.15, 0.2) is 0 Å². The lowest BCUT2D eigenvalue weighted by molar-refractivity contribution is -0.126. The zero-order valence-corrected chi connectivity index (χ0v) is 9.88. The molecule has 1 heterocycles. The number of nitrogens with two attached hydrogens (primary N) is 1. The number of carbonyl (C=O) groups is 1. The van der Waals surface area contributed by atoms with Gasteiger partial charge in [0.05, 0.1) is 0 Å². The van der Waals surface area contributed by atoms with Gasteiger partial charge in [-0.1, -0.05) is 6.42 Å². The second-order valence-corrected chi connectivity index (χ2v) is 5.07. The van der Waals surface area contributed by atoms with Crippen molar-refractivity contribution < 1.29 is 4.79 Å². The van der Waals surface area contributed by atoms with E-state index in [1.807, 2.05) is 18.9 Å². The third kappa shape index (κ3) is 5.74. The highest BCUT2D eigenvalue weighted by molar-refractivity contribution is 5.75. The Morgan fingerprint density at radius 2 is 1.93 bits per heavy atom. The first-order valence-electron chi connectivity index (χ1n) is 5.81. The van der Waals surface area contributed by atoms with E-state index in [-0.39, 0.29) is 11.4 Å². The van der Waals surface area contributed by atoms with Crippen LogP contribution < -0.4 is 11.2 Å². The summed E-state index contributed by atoms with van der Waals surface area (Å²) in [6.07, 6.45) is 4.89. The molecule has 1 rings (SSSR count). The maximum atomic E-state index is 11.5. The minimum absolute atomic E-state index is 0.0930. The number of rotatable bonds is 4. The molecule has 1 aliphatic rings. The van der Waals surface area contributed by atoms with Crippen LogP contribution >= 0.6 is 0 Å². The van der Waals surface area contributed by atoms with Crippen LogP contribution in [-0.4, -0.2) is 29.5 Å². The van der Waals surface area contributed by atoms with Crippen molar-refractivity contribution in [1.29, 1.82) is 0 Å². The Morgan fingerprint density at radius 3 is 2.47 bits per heavy atom. The number of piperidine rings is 1. The summed E-state index contributed by atoms with van der Waals surface area (Å²) in [4.78, 5) is 11.5. The van der Waals surface area contributed by atoms with Gasteiger partial charge in [-0.25, -0.2) is 5.01 Å². The molecule has 0 aliphatic carbocycles. The molecule has 1 aliphatic heterocycles. The van der Waals surface area contributed by atoms with E-state index in [1.54, 1.807) is 0 Å². The molecule has 0 aromatic rings. The lowest BCUT2D eigenvalue weighted by atomic mass is 10.00. The van der Waals surface area contributed by atoms with Crippen molar-refractivity contribution in [2.75, 3.05) is 13.1 Å². The summed E-state index contributed by atoms with van der Waals surface area (Å²) >= 11 is 0. The van der Waals surface area contributed by atoms with Gasteiger partial charge in [0.25, 0.3) is 0 Å². The molecule has 0 saturated carbocycles. The van der Waals surface area contributed by atoms with Gasteiger partial charge in [0.1, 0.15) is 0 Å². The predicted molar refractivity (Wildman–Crippen MR) is 61.1 cm³/mol. The van der Waals surface area contributed by atoms with Gasteiger partial charge in [-0.05, 0) is 33.1 Å². The first-order chi connectivity index (χ1) is 6.97. The molecule has 1 saturated heterocycles. The van der Waals surface area contributed by atoms with Gasteiger partial charge in [-0.3, -0.25) is 10.2 Å². The fraction of sp³-hybridized carbons (Fsp3) is 0.909. The molecule has 0 spiro atoms. The quantitative estimate of drug-likeness (QED) is 0.733. The molecule has 0 unspecified atom stereocenters. The molecule has 1 fully saturated rings. The molecule has 88 valence electrons. The predicted octanol–water partition coefficient (Wildman–Crippen LogP) is 1.02. The number of nitrogens with zero attached hydrogens (tertiary/aromatic N) is 1. The summed E-state index contributed by atoms with van der Waals surface area (Å²) < 4.78 is 0. The van der Waals surface area contributed by atoms with Crippen molar-refractivity contribution >= 4 is 5.91 Å². The van der Waals surface area contributed by atoms with Gasteiger partial charge in [0.2, 0.25) is 5.91 Å². The zero-order chi connectivity index (χ0) is 11.3. The SMILES string of the molecule is CC(C)(N)CCC(=O)NN1CCCCC1. The van der Waals surface area contributed by atoms with E-state index in [4.69, 9.17) is 5.73 Å². The average molecular weight is 213 g/mol. The largest absolute Gasteiger partial charge is 0.326 e. The molecular formula is C11H23N3O. The van der Waals surface area contributed by atoms with Gasteiger partial charge < -0.3 is 5.73 Å². The molecule has 0 bridgehead atoms. The number of hydrazine groups is 1. The lowest BCUT2D eigenvalue weighted by Crippen LogP contribution is -2.45. The summed E-state index contributed by atoms with van der Waals surface area (Å²) in [5.74, 6) is 0.0930. The third-order valence-corrected chi connectivity index (χ3v) is 2.64. The molecule has 0 radical (unpaired) electrons. The Balaban J connectivity index is 2.17. The smallest absolute Gasteiger partial charge is 0.234 e. The molecule has 4 nitrogen and oxygen atoms in total. The fourth-order valence-corrected chi connectivity index (χ4v) is 1.67. The molecule has 15 heavy (non-hydrogen) atoms. The van der Waals surface area contributed by atoms with E-state index < -0.39 is 0 Å². The molecule has 4 heteroatoms. The topological polar surface area (TPSA) is 58.4 Å². The van der Waals surface area contributed by atoms with Crippen LogP contribution in [0.25, 0.3) is 0 Å². The fourth-order valence-electron chi connectivity index (χ4n) is 1.67. The van der Waals surface area contributed by atoms with Gasteiger partial charge in [0.15, 0.2) is 0 Å². The van der Waals surface area contributed by atoms with Gasteiger partial charge in [-0.2, -0.15) is 0 Å². The highest BCUT2D eigenvalue weighted by Gasteiger charge is 2.16. The number of amides is 1. The van der Waals surface area contributed by atoms with Crippen LogP contribution in [0.4, 0.5) is 0 Å². The summed E-state index contributed by atoms with van der Waals surface area (Å²) in [5, 5.41) is 2.02. The van der Waals surface area contributed by atoms with E-state index >= 15 is 0 Å². The number of hydrogen-bond donors (Lipinski definition) is 2. The van der Waals surface area contributed by atoms with Crippen molar-refractivity contribution in [2.45, 2.75) is 51.5 Å². The average Bonchev–Trinajstić information content (AvgIpc) is 2.15. The molecule has 0 aromatic carbocycles. The zero-order valence-electron chi connectivity index (χ0n) is 9.88. The highest BCUT2D eigenvalue weighted by Crippen LogP contribution is 2.08. The monoisotopic (exact) mass is 213 g/mol. The Labute approximate surface area is 92.2 Å². The minimum atomic E-state index is -0.251. The van der Waals surface area contributed by atoms with Gasteiger partial charge in [-0.15, -0.1) is 0 Å². The molecule has 1 amide bonds. The maximum absolute atomic E-state index is 11.5. The van der Waals surface area contributed by atoms with Crippen molar-refractivity contribution in [3.05, 3.63) is 0 Å². The lowest BCUT2D eigenvalue weighted by Gasteiger charge is -2.27. The van der Waals surface area contributed by atoms with Crippen LogP contribution in [0.1, 0.15) is 46.0 Å². The van der Waals surface area contributed by atoms with Gasteiger partial charge in [0, 0.05) is 25.0 Å². The van der Waals surface area contributed by atoms with Gasteiger partial charge >= 0.3 is 0 Å². The van der Waals surface area contributed by atoms with Crippen LogP contribution in [0.2, 0.25) is 0 Å².